The minimum atomic E-state index is -5.43. The van der Waals surface area contributed by atoms with Crippen LogP contribution in [0.1, 0.15) is 99.8 Å². The monoisotopic (exact) mass is 950 g/mol. The molecule has 8 aliphatic rings. The number of fused-ring (bicyclic) bond motifs is 10. The summed E-state index contributed by atoms with van der Waals surface area (Å²) in [6.07, 6.45) is 7.82. The van der Waals surface area contributed by atoms with Crippen LogP contribution in [0.15, 0.2) is 47.6 Å². The van der Waals surface area contributed by atoms with Crippen LogP contribution in [-0.2, 0) is 37.8 Å². The van der Waals surface area contributed by atoms with Gasteiger partial charge in [0.15, 0.2) is 35.3 Å². The van der Waals surface area contributed by atoms with E-state index < -0.39 is 125 Å². The molecule has 14 nitrogen and oxygen atoms in total. The summed E-state index contributed by atoms with van der Waals surface area (Å²) in [5.41, 5.74) is -11.4. The molecule has 6 fully saturated rings. The van der Waals surface area contributed by atoms with Gasteiger partial charge in [0.05, 0.1) is 20.0 Å². The maximum atomic E-state index is 17.0. The average Bonchev–Trinajstić information content (AvgIpc) is 3.52. The second-order valence-electron chi connectivity index (χ2n) is 20.7. The number of ether oxygens (including phenoxy) is 1. The third-order valence-corrected chi connectivity index (χ3v) is 18.5. The van der Waals surface area contributed by atoms with Crippen molar-refractivity contribution in [3.05, 3.63) is 47.6 Å². The normalized spacial score (nSPS) is 46.7. The molecule has 0 heterocycles. The number of rotatable bonds is 7. The number of hydrogen-bond donors (Lipinski definition) is 4. The van der Waals surface area contributed by atoms with E-state index in [1.807, 2.05) is 0 Å². The number of carbonyl (C=O) groups excluding carboxylic acids is 5. The number of hydrogen-bond acceptors (Lipinski definition) is 14. The van der Waals surface area contributed by atoms with E-state index in [2.05, 4.69) is 4.52 Å². The molecule has 0 spiro atoms. The first kappa shape index (κ1) is 54.9. The van der Waals surface area contributed by atoms with Crippen molar-refractivity contribution in [2.45, 2.75) is 135 Å². The molecular formula is C46H59F2Na2O14P. The van der Waals surface area contributed by atoms with Crippen LogP contribution in [0.5, 0.6) is 0 Å². The first-order valence-corrected chi connectivity index (χ1v) is 23.3. The van der Waals surface area contributed by atoms with Crippen LogP contribution in [0, 0.1) is 57.2 Å². The molecule has 16 atom stereocenters. The van der Waals surface area contributed by atoms with Crippen molar-refractivity contribution in [3.8, 4) is 0 Å². The van der Waals surface area contributed by atoms with Gasteiger partial charge >= 0.3 is 65.1 Å². The van der Waals surface area contributed by atoms with Crippen LogP contribution in [0.25, 0.3) is 0 Å². The summed E-state index contributed by atoms with van der Waals surface area (Å²) < 4.78 is 53.9. The zero-order valence-electron chi connectivity index (χ0n) is 38.7. The number of halogens is 2. The number of ketones is 4. The summed E-state index contributed by atoms with van der Waals surface area (Å²) >= 11 is 0. The molecule has 0 aromatic carbocycles. The van der Waals surface area contributed by atoms with E-state index in [0.717, 1.165) is 0 Å². The van der Waals surface area contributed by atoms with E-state index in [1.54, 1.807) is 47.6 Å². The van der Waals surface area contributed by atoms with Crippen molar-refractivity contribution < 1.29 is 136 Å². The zero-order chi connectivity index (χ0) is 46.9. The van der Waals surface area contributed by atoms with E-state index >= 15 is 8.78 Å². The number of carbonyl (C=O) groups is 5. The van der Waals surface area contributed by atoms with Crippen molar-refractivity contribution in [2.24, 2.45) is 57.2 Å². The Morgan fingerprint density at radius 2 is 1.09 bits per heavy atom. The van der Waals surface area contributed by atoms with Crippen molar-refractivity contribution in [3.63, 3.8) is 0 Å². The number of phosphoric ester groups is 1. The Balaban J connectivity index is 0.000000237. The summed E-state index contributed by atoms with van der Waals surface area (Å²) in [6.45, 7) is 9.69. The van der Waals surface area contributed by atoms with Crippen LogP contribution in [0.2, 0.25) is 0 Å². The molecule has 0 saturated heterocycles. The largest absolute Gasteiger partial charge is 1.00 e. The van der Waals surface area contributed by atoms with Gasteiger partial charge in [0.2, 0.25) is 5.78 Å². The third kappa shape index (κ3) is 7.72. The summed E-state index contributed by atoms with van der Waals surface area (Å²) in [5, 5.41) is 45.7. The zero-order valence-corrected chi connectivity index (χ0v) is 43.6. The Kier molecular flexibility index (Phi) is 15.2. The molecule has 6 unspecified atom stereocenters. The van der Waals surface area contributed by atoms with E-state index in [4.69, 9.17) is 4.74 Å². The van der Waals surface area contributed by atoms with Crippen LogP contribution in [0.4, 0.5) is 8.78 Å². The fourth-order valence-electron chi connectivity index (χ4n) is 14.8. The van der Waals surface area contributed by atoms with Crippen molar-refractivity contribution >= 4 is 36.9 Å². The molecule has 4 N–H and O–H groups in total. The van der Waals surface area contributed by atoms with Gasteiger partial charge in [0.25, 0.3) is 0 Å². The molecule has 8 rings (SSSR count). The van der Waals surface area contributed by atoms with Gasteiger partial charge < -0.3 is 44.0 Å². The average molecular weight is 951 g/mol. The minimum absolute atomic E-state index is 0. The smallest absolute Gasteiger partial charge is 0.790 e. The van der Waals surface area contributed by atoms with Crippen LogP contribution < -0.4 is 68.9 Å². The van der Waals surface area contributed by atoms with Gasteiger partial charge in [-0.3, -0.25) is 24.0 Å². The molecule has 348 valence electrons. The summed E-state index contributed by atoms with van der Waals surface area (Å²) in [4.78, 5) is 82.7. The second-order valence-corrected chi connectivity index (χ2v) is 21.8. The maximum Gasteiger partial charge on any atom is 1.00 e. The van der Waals surface area contributed by atoms with Gasteiger partial charge in [-0.05, 0) is 113 Å². The molecule has 0 aliphatic heterocycles. The number of aliphatic hydroxyl groups is 4. The SMILES string of the molecule is CC(=O)OCC(=O)[C@@]1(O)[C@@H](C)CC2C3CCC4=CC(=O)C=C[C@]4(C)[C@@]3(F)C(O)C[C@@]21C.C[C@H]1CC2C3CCC4=CC(=O)C=C[C@]4(C)[C@@]3(F)C(O)C[C@]2(C)[C@@]1(O)C(=O)COP(=O)([O-])[O-].[Na+].[Na+]. The quantitative estimate of drug-likeness (QED) is 0.115. The van der Waals surface area contributed by atoms with Crippen molar-refractivity contribution in [1.29, 1.82) is 0 Å². The molecule has 0 radical (unpaired) electrons. The molecule has 0 aromatic heterocycles. The second kappa shape index (κ2) is 18.0. The first-order chi connectivity index (χ1) is 28.9. The molecular weight excluding hydrogens is 891 g/mol. The summed E-state index contributed by atoms with van der Waals surface area (Å²) in [5.74, 6) is -5.86. The minimum Gasteiger partial charge on any atom is -0.790 e. The molecule has 65 heavy (non-hydrogen) atoms. The number of Topliss-reactive ketones (excluding diaryl/α,β-unsaturated/α-hetero) is 2. The number of aliphatic hydroxyl groups excluding tert-OH is 2. The van der Waals surface area contributed by atoms with E-state index in [-0.39, 0.29) is 95.9 Å². The van der Waals surface area contributed by atoms with E-state index in [0.29, 0.717) is 43.3 Å². The van der Waals surface area contributed by atoms with Gasteiger partial charge in [-0.15, -0.1) is 0 Å². The third-order valence-electron chi connectivity index (χ3n) is 18.1. The predicted molar refractivity (Wildman–Crippen MR) is 216 cm³/mol. The predicted octanol–water partition coefficient (Wildman–Crippen LogP) is -2.78. The Morgan fingerprint density at radius 1 is 0.723 bits per heavy atom. The van der Waals surface area contributed by atoms with Gasteiger partial charge in [0, 0.05) is 40.4 Å². The summed E-state index contributed by atoms with van der Waals surface area (Å²) in [6, 6.07) is 0. The topological polar surface area (TPSA) is 248 Å². The fourth-order valence-corrected chi connectivity index (χ4v) is 15.1. The Labute approximate surface area is 422 Å². The Morgan fingerprint density at radius 3 is 1.45 bits per heavy atom. The number of alkyl halides is 2. The fraction of sp³-hybridized carbons (Fsp3) is 0.717. The molecule has 0 aromatic rings. The molecule has 8 aliphatic carbocycles. The van der Waals surface area contributed by atoms with Gasteiger partial charge in [0.1, 0.15) is 17.8 Å². The van der Waals surface area contributed by atoms with E-state index in [1.165, 1.54) is 37.3 Å². The number of phosphoric acid groups is 1. The number of esters is 1. The van der Waals surface area contributed by atoms with Crippen LogP contribution in [0.3, 0.4) is 0 Å². The molecule has 0 bridgehead atoms. The first-order valence-electron chi connectivity index (χ1n) is 21.9. The number of allylic oxidation sites excluding steroid dienone is 8. The van der Waals surface area contributed by atoms with Crippen LogP contribution in [-0.4, -0.2) is 97.5 Å². The van der Waals surface area contributed by atoms with Crippen molar-refractivity contribution in [2.75, 3.05) is 13.2 Å². The van der Waals surface area contributed by atoms with E-state index in [9.17, 15) is 58.8 Å². The van der Waals surface area contributed by atoms with Gasteiger partial charge in [-0.2, -0.15) is 0 Å². The summed E-state index contributed by atoms with van der Waals surface area (Å²) in [7, 11) is -5.43. The molecule has 6 saturated carbocycles. The maximum absolute atomic E-state index is 17.0. The van der Waals surface area contributed by atoms with Gasteiger partial charge in [-0.1, -0.05) is 51.0 Å². The Bertz CT molecular complexity index is 2200. The molecule has 0 amide bonds. The van der Waals surface area contributed by atoms with Gasteiger partial charge in [-0.25, -0.2) is 8.78 Å². The van der Waals surface area contributed by atoms with Crippen molar-refractivity contribution in [1.82, 2.24) is 0 Å². The molecule has 19 heteroatoms. The Hall–Kier alpha value is -1.08. The van der Waals surface area contributed by atoms with Crippen LogP contribution >= 0.6 is 7.82 Å². The standard InChI is InChI=1S/C24H31FO6.C22H30FO8P.2Na/c1-13-9-18-17-6-5-15-10-16(27)7-8-21(15,3)23(17,25)19(28)11-22(18,4)24(13,30)20(29)12-31-14(2)26;1-12-8-16-15-5-4-13-9-14(24)6-7-19(13,2)21(15,23)17(25)10-20(16,3)22(12,27)18(26)11-31-32(28,29)30;;/h7-8,10,13,17-19,28,30H,5-6,9,11-12H2,1-4H3;6-7,9,12,15-17,25,27H,4-5,8,10-11H2,1-3H3,(H2,28,29,30);;/q;;2*+1/p-2/t13-,17?,18?,19?,21-,22-,23-,24-;12-,15?,16?,17?,19-,20-,21-,22-;;/m00../s1.